The third-order valence-electron chi connectivity index (χ3n) is 12.2. The van der Waals surface area contributed by atoms with Gasteiger partial charge in [-0.05, 0) is 77.9 Å². The molecule has 0 spiro atoms. The molecule has 63 heavy (non-hydrogen) atoms. The van der Waals surface area contributed by atoms with E-state index in [-0.39, 0.29) is 0 Å². The van der Waals surface area contributed by atoms with Crippen LogP contribution in [0.1, 0.15) is 0 Å². The number of furan rings is 1. The van der Waals surface area contributed by atoms with Crippen LogP contribution in [0.4, 0.5) is 0 Å². The van der Waals surface area contributed by atoms with Crippen LogP contribution in [0.2, 0.25) is 0 Å². The van der Waals surface area contributed by atoms with Crippen LogP contribution in [-0.2, 0) is 0 Å². The van der Waals surface area contributed by atoms with Crippen molar-refractivity contribution < 1.29 is 4.42 Å². The van der Waals surface area contributed by atoms with E-state index in [1.54, 1.807) is 0 Å². The zero-order chi connectivity index (χ0) is 41.2. The highest BCUT2D eigenvalue weighted by Crippen LogP contribution is 2.37. The van der Waals surface area contributed by atoms with Crippen LogP contribution in [0.5, 0.6) is 0 Å². The van der Waals surface area contributed by atoms with E-state index >= 15 is 0 Å². The van der Waals surface area contributed by atoms with Gasteiger partial charge < -0.3 is 4.42 Å². The zero-order valence-electron chi connectivity index (χ0n) is 33.3. The van der Waals surface area contributed by atoms with Crippen molar-refractivity contribution >= 4 is 77.6 Å². The molecule has 14 rings (SSSR count). The maximum Gasteiger partial charge on any atom is 0.241 e. The molecule has 294 valence electrons. The van der Waals surface area contributed by atoms with Crippen molar-refractivity contribution in [1.82, 2.24) is 42.9 Å². The maximum absolute atomic E-state index is 6.36. The molecule has 0 aliphatic heterocycles. The van der Waals surface area contributed by atoms with Crippen molar-refractivity contribution in [2.45, 2.75) is 0 Å². The summed E-state index contributed by atoms with van der Waals surface area (Å²) in [6.07, 6.45) is 0. The molecule has 0 N–H and O–H groups in total. The second-order valence-electron chi connectivity index (χ2n) is 15.8. The predicted octanol–water partition coefficient (Wildman–Crippen LogP) is 12.3. The lowest BCUT2D eigenvalue weighted by Gasteiger charge is -2.10. The normalized spacial score (nSPS) is 12.1. The van der Waals surface area contributed by atoms with E-state index in [1.165, 1.54) is 0 Å². The minimum atomic E-state index is 0.490. The summed E-state index contributed by atoms with van der Waals surface area (Å²) in [6.45, 7) is 0. The Morgan fingerprint density at radius 1 is 0.333 bits per heavy atom. The summed E-state index contributed by atoms with van der Waals surface area (Å²) in [4.78, 5) is 25.6. The number of nitrogens with zero attached hydrogens (tertiary/aromatic N) is 9. The molecule has 0 aliphatic carbocycles. The van der Waals surface area contributed by atoms with Crippen molar-refractivity contribution in [3.8, 4) is 45.5 Å². The van der Waals surface area contributed by atoms with Crippen LogP contribution in [0.3, 0.4) is 0 Å². The fraction of sp³-hybridized carbons (Fsp3) is 0. The summed E-state index contributed by atoms with van der Waals surface area (Å²) in [7, 11) is 0. The van der Waals surface area contributed by atoms with Gasteiger partial charge in [-0.3, -0.25) is 13.4 Å². The molecule has 8 aromatic carbocycles. The highest BCUT2D eigenvalue weighted by atomic mass is 16.3. The molecule has 6 aromatic heterocycles. The van der Waals surface area contributed by atoms with Crippen LogP contribution in [-0.4, -0.2) is 42.9 Å². The lowest BCUT2D eigenvalue weighted by Crippen LogP contribution is -2.07. The van der Waals surface area contributed by atoms with Crippen molar-refractivity contribution in [3.63, 3.8) is 0 Å². The first-order valence-electron chi connectivity index (χ1n) is 20.8. The minimum Gasteiger partial charge on any atom is -0.456 e. The number of hydrogen-bond donors (Lipinski definition) is 0. The Labute approximate surface area is 357 Å². The van der Waals surface area contributed by atoms with Crippen molar-refractivity contribution in [2.75, 3.05) is 0 Å². The molecular formula is C53H31N9O. The Morgan fingerprint density at radius 3 is 1.49 bits per heavy atom. The monoisotopic (exact) mass is 809 g/mol. The zero-order valence-corrected chi connectivity index (χ0v) is 33.3. The highest BCUT2D eigenvalue weighted by Gasteiger charge is 2.23. The van der Waals surface area contributed by atoms with Crippen LogP contribution in [0.15, 0.2) is 192 Å². The lowest BCUT2D eigenvalue weighted by atomic mass is 10.0. The first kappa shape index (κ1) is 33.9. The molecule has 0 saturated heterocycles. The molecule has 10 heteroatoms. The van der Waals surface area contributed by atoms with Gasteiger partial charge in [-0.25, -0.2) is 19.5 Å². The van der Waals surface area contributed by atoms with E-state index in [2.05, 4.69) is 109 Å². The van der Waals surface area contributed by atoms with Gasteiger partial charge in [0.05, 0.1) is 49.8 Å². The quantitative estimate of drug-likeness (QED) is 0.172. The average molecular weight is 810 g/mol. The van der Waals surface area contributed by atoms with Gasteiger partial charge in [0.2, 0.25) is 17.5 Å². The van der Waals surface area contributed by atoms with Gasteiger partial charge in [0, 0.05) is 28.0 Å². The predicted molar refractivity (Wildman–Crippen MR) is 250 cm³/mol. The molecule has 10 nitrogen and oxygen atoms in total. The molecule has 0 atom stereocenters. The number of imidazole rings is 4. The summed E-state index contributed by atoms with van der Waals surface area (Å²) in [5, 5.41) is 2.19. The van der Waals surface area contributed by atoms with E-state index in [9.17, 15) is 0 Å². The summed E-state index contributed by atoms with van der Waals surface area (Å²) < 4.78 is 15.1. The molecule has 0 aliphatic rings. The first-order valence-corrected chi connectivity index (χ1v) is 20.8. The van der Waals surface area contributed by atoms with Gasteiger partial charge in [-0.1, -0.05) is 115 Å². The van der Waals surface area contributed by atoms with Crippen LogP contribution in [0.25, 0.3) is 123 Å². The summed E-state index contributed by atoms with van der Waals surface area (Å²) in [5.41, 5.74) is 14.5. The van der Waals surface area contributed by atoms with Crippen LogP contribution in [0, 0.1) is 0 Å². The van der Waals surface area contributed by atoms with E-state index in [1.807, 2.05) is 97.1 Å². The molecule has 14 aromatic rings. The van der Waals surface area contributed by atoms with Gasteiger partial charge in [0.25, 0.3) is 0 Å². The second-order valence-corrected chi connectivity index (χ2v) is 15.8. The number of rotatable bonds is 5. The fourth-order valence-electron chi connectivity index (χ4n) is 9.36. The van der Waals surface area contributed by atoms with Gasteiger partial charge in [-0.2, -0.15) is 9.97 Å². The Kier molecular flexibility index (Phi) is 6.89. The molecule has 0 amide bonds. The van der Waals surface area contributed by atoms with E-state index in [0.717, 1.165) is 99.8 Å². The molecule has 0 unspecified atom stereocenters. The number of fused-ring (bicyclic) bond motifs is 13. The summed E-state index contributed by atoms with van der Waals surface area (Å²) in [5.74, 6) is 3.21. The van der Waals surface area contributed by atoms with Crippen molar-refractivity contribution in [3.05, 3.63) is 188 Å². The topological polar surface area (TPSA) is 96.3 Å². The van der Waals surface area contributed by atoms with Gasteiger partial charge >= 0.3 is 0 Å². The first-order chi connectivity index (χ1) is 31.2. The molecule has 0 radical (unpaired) electrons. The minimum absolute atomic E-state index is 0.490. The van der Waals surface area contributed by atoms with Gasteiger partial charge in [0.15, 0.2) is 11.6 Å². The van der Waals surface area contributed by atoms with Crippen LogP contribution >= 0.6 is 0 Å². The van der Waals surface area contributed by atoms with E-state index in [4.69, 9.17) is 29.3 Å². The number of hydrogen-bond acceptors (Lipinski definition) is 6. The van der Waals surface area contributed by atoms with E-state index < -0.39 is 0 Å². The smallest absolute Gasteiger partial charge is 0.241 e. The highest BCUT2D eigenvalue weighted by molar-refractivity contribution is 6.06. The maximum atomic E-state index is 6.36. The number of benzene rings is 8. The summed E-state index contributed by atoms with van der Waals surface area (Å²) >= 11 is 0. The average Bonchev–Trinajstić information content (AvgIpc) is 4.15. The van der Waals surface area contributed by atoms with Gasteiger partial charge in [-0.15, -0.1) is 0 Å². The van der Waals surface area contributed by atoms with Crippen molar-refractivity contribution in [1.29, 1.82) is 0 Å². The molecule has 0 bridgehead atoms. The Bertz CT molecular complexity index is 4100. The van der Waals surface area contributed by atoms with Gasteiger partial charge in [0.1, 0.15) is 11.2 Å². The van der Waals surface area contributed by atoms with Crippen LogP contribution < -0.4 is 0 Å². The lowest BCUT2D eigenvalue weighted by molar-refractivity contribution is 0.668. The Hall–Kier alpha value is -8.89. The second kappa shape index (κ2) is 12.8. The SMILES string of the molecule is c1ccc(-c2nc(-c3ccccc3)nc(-n3c4ccc(-c5ccc6c(c5)n5c7ccccc7nc5n6-c5ccc6c(c5)oc5ccccc56)cc4n4c5ccccc5nc34)n2)cc1. The molecule has 6 heterocycles. The Balaban J connectivity index is 0.990. The molecule has 0 saturated carbocycles. The molecular weight excluding hydrogens is 779 g/mol. The van der Waals surface area contributed by atoms with Crippen molar-refractivity contribution in [2.24, 2.45) is 0 Å². The molecule has 0 fully saturated rings. The number of aromatic nitrogens is 9. The largest absolute Gasteiger partial charge is 0.456 e. The van der Waals surface area contributed by atoms with E-state index in [0.29, 0.717) is 23.4 Å². The third kappa shape index (κ3) is 4.97. The standard InChI is InChI=1S/C53H31N9O/c1-3-13-32(14-4-1)49-56-50(33-15-5-2-6-16-33)58-51(57-49)62-44-28-24-35(30-46(44)61-42-21-11-9-19-40(42)55-53(61)62)34-23-27-43-45(29-34)60-41-20-10-8-18-39(41)54-52(60)59(43)36-25-26-38-37-17-7-12-22-47(37)63-48(38)31-36/h1-31H. The fourth-order valence-corrected chi connectivity index (χ4v) is 9.36. The third-order valence-corrected chi connectivity index (χ3v) is 12.2. The Morgan fingerprint density at radius 2 is 0.857 bits per heavy atom. The summed E-state index contributed by atoms with van der Waals surface area (Å²) in [6, 6.07) is 64.5. The number of para-hydroxylation sites is 5.